The van der Waals surface area contributed by atoms with Gasteiger partial charge >= 0.3 is 0 Å². The highest BCUT2D eigenvalue weighted by atomic mass is 35.5. The van der Waals surface area contributed by atoms with Gasteiger partial charge in [-0.3, -0.25) is 9.52 Å². The van der Waals surface area contributed by atoms with Crippen LogP contribution in [-0.2, 0) is 16.4 Å². The molecule has 1 amide bonds. The Balaban J connectivity index is 1.62. The summed E-state index contributed by atoms with van der Waals surface area (Å²) in [6.07, 6.45) is 2.55. The van der Waals surface area contributed by atoms with Crippen LogP contribution in [0.3, 0.4) is 0 Å². The van der Waals surface area contributed by atoms with Gasteiger partial charge in [-0.25, -0.2) is 13.4 Å². The summed E-state index contributed by atoms with van der Waals surface area (Å²) in [5.41, 5.74) is 3.66. The van der Waals surface area contributed by atoms with Gasteiger partial charge in [-0.1, -0.05) is 17.7 Å². The Labute approximate surface area is 198 Å². The Morgan fingerprint density at radius 1 is 1.06 bits per heavy atom. The smallest absolute Gasteiger partial charge is 0.261 e. The molecule has 0 saturated carbocycles. The maximum absolute atomic E-state index is 12.8. The number of unbranched alkanes of at least 4 members (excludes halogenated alkanes) is 1. The molecule has 0 atom stereocenters. The first kappa shape index (κ1) is 24.2. The maximum Gasteiger partial charge on any atom is 0.261 e. The monoisotopic (exact) mass is 491 g/mol. The molecule has 0 aliphatic rings. The van der Waals surface area contributed by atoms with Gasteiger partial charge in [0.2, 0.25) is 0 Å². The summed E-state index contributed by atoms with van der Waals surface area (Å²) < 4.78 is 28.2. The largest absolute Gasteiger partial charge is 0.352 e. The third kappa shape index (κ3) is 6.31. The zero-order valence-corrected chi connectivity index (χ0v) is 20.6. The van der Waals surface area contributed by atoms with Gasteiger partial charge in [-0.15, -0.1) is 11.3 Å². The molecule has 170 valence electrons. The lowest BCUT2D eigenvalue weighted by Gasteiger charge is -2.12. The second-order valence-corrected chi connectivity index (χ2v) is 10.7. The number of hydrogen-bond acceptors (Lipinski definition) is 5. The fourth-order valence-corrected chi connectivity index (χ4v) is 5.18. The van der Waals surface area contributed by atoms with Crippen LogP contribution in [0.4, 0.5) is 5.69 Å². The van der Waals surface area contributed by atoms with Crippen LogP contribution in [0.15, 0.2) is 46.7 Å². The van der Waals surface area contributed by atoms with Crippen LogP contribution in [0.1, 0.15) is 45.0 Å². The van der Waals surface area contributed by atoms with Crippen LogP contribution in [0.5, 0.6) is 0 Å². The number of thiazole rings is 1. The predicted octanol–water partition coefficient (Wildman–Crippen LogP) is 5.28. The molecule has 0 aliphatic carbocycles. The van der Waals surface area contributed by atoms with Crippen LogP contribution in [0.25, 0.3) is 0 Å². The lowest BCUT2D eigenvalue weighted by molar-refractivity contribution is 0.0953. The highest BCUT2D eigenvalue weighted by Gasteiger charge is 2.19. The minimum atomic E-state index is -3.87. The first-order valence-corrected chi connectivity index (χ1v) is 13.0. The van der Waals surface area contributed by atoms with Crippen LogP contribution >= 0.6 is 22.9 Å². The number of halogens is 1. The Morgan fingerprint density at radius 2 is 1.84 bits per heavy atom. The standard InChI is InChI=1S/C23H26ClN3O3S2/c1-15-7-8-18(12-16(15)2)27-32(29,30)19-9-10-21(24)20(13-19)23(28)25-11-5-4-6-22-26-17(3)14-31-22/h7-10,12-14,27H,4-6,11H2,1-3H3,(H,25,28). The molecule has 1 heterocycles. The van der Waals surface area contributed by atoms with E-state index in [0.29, 0.717) is 12.2 Å². The molecule has 3 rings (SSSR count). The fourth-order valence-electron chi connectivity index (χ4n) is 3.08. The minimum absolute atomic E-state index is 0.0237. The number of aryl methyl sites for hydroxylation is 4. The Bertz CT molecular complexity index is 1220. The number of benzene rings is 2. The molecule has 6 nitrogen and oxygen atoms in total. The van der Waals surface area contributed by atoms with Gasteiger partial charge in [0.25, 0.3) is 15.9 Å². The molecular formula is C23H26ClN3O3S2. The van der Waals surface area contributed by atoms with Crippen molar-refractivity contribution < 1.29 is 13.2 Å². The van der Waals surface area contributed by atoms with Gasteiger partial charge in [-0.2, -0.15) is 0 Å². The SMILES string of the molecule is Cc1csc(CCCCNC(=O)c2cc(S(=O)(=O)Nc3ccc(C)c(C)c3)ccc2Cl)n1. The van der Waals surface area contributed by atoms with E-state index in [-0.39, 0.29) is 15.5 Å². The van der Waals surface area contributed by atoms with Crippen LogP contribution < -0.4 is 10.0 Å². The van der Waals surface area contributed by atoms with Crippen molar-refractivity contribution in [2.45, 2.75) is 44.9 Å². The Hall–Kier alpha value is -2.42. The zero-order valence-electron chi connectivity index (χ0n) is 18.2. The van der Waals surface area contributed by atoms with Gasteiger partial charge in [0.1, 0.15) is 0 Å². The topological polar surface area (TPSA) is 88.2 Å². The number of amides is 1. The number of carbonyl (C=O) groups is 1. The molecule has 0 spiro atoms. The average Bonchev–Trinajstić information content (AvgIpc) is 3.15. The van der Waals surface area contributed by atoms with E-state index in [1.807, 2.05) is 32.2 Å². The summed E-state index contributed by atoms with van der Waals surface area (Å²) in [5.74, 6) is -0.400. The summed E-state index contributed by atoms with van der Waals surface area (Å²) in [4.78, 5) is 17.0. The zero-order chi connectivity index (χ0) is 23.3. The molecule has 0 saturated heterocycles. The van der Waals surface area contributed by atoms with Crippen LogP contribution in [-0.4, -0.2) is 25.9 Å². The molecule has 9 heteroatoms. The second-order valence-electron chi connectivity index (χ2n) is 7.64. The number of aromatic nitrogens is 1. The second kappa shape index (κ2) is 10.5. The molecule has 0 radical (unpaired) electrons. The van der Waals surface area contributed by atoms with Crippen molar-refractivity contribution in [2.75, 3.05) is 11.3 Å². The first-order valence-electron chi connectivity index (χ1n) is 10.2. The number of rotatable bonds is 9. The molecule has 2 N–H and O–H groups in total. The van der Waals surface area contributed by atoms with Crippen molar-refractivity contribution in [3.05, 3.63) is 74.2 Å². The van der Waals surface area contributed by atoms with Crippen molar-refractivity contribution >= 4 is 44.6 Å². The van der Waals surface area contributed by atoms with Crippen LogP contribution in [0, 0.1) is 20.8 Å². The quantitative estimate of drug-likeness (QED) is 0.399. The first-order chi connectivity index (χ1) is 15.2. The molecule has 3 aromatic rings. The van der Waals surface area contributed by atoms with Crippen molar-refractivity contribution in [1.82, 2.24) is 10.3 Å². The van der Waals surface area contributed by atoms with E-state index in [4.69, 9.17) is 11.6 Å². The number of nitrogens with one attached hydrogen (secondary N) is 2. The highest BCUT2D eigenvalue weighted by molar-refractivity contribution is 7.92. The molecule has 0 bridgehead atoms. The van der Waals surface area contributed by atoms with Crippen LogP contribution in [0.2, 0.25) is 5.02 Å². The fraction of sp³-hybridized carbons (Fsp3) is 0.304. The summed E-state index contributed by atoms with van der Waals surface area (Å²) in [6, 6.07) is 9.44. The molecule has 0 unspecified atom stereocenters. The number of nitrogens with zero attached hydrogens (tertiary/aromatic N) is 1. The van der Waals surface area contributed by atoms with Crippen molar-refractivity contribution in [2.24, 2.45) is 0 Å². The number of anilines is 1. The van der Waals surface area contributed by atoms with Crippen molar-refractivity contribution in [3.8, 4) is 0 Å². The third-order valence-electron chi connectivity index (χ3n) is 5.02. The number of carbonyl (C=O) groups excluding carboxylic acids is 1. The number of hydrogen-bond donors (Lipinski definition) is 2. The third-order valence-corrected chi connectivity index (χ3v) is 7.76. The Kier molecular flexibility index (Phi) is 7.92. The van der Waals surface area contributed by atoms with Gasteiger partial charge in [-0.05, 0) is 81.5 Å². The van der Waals surface area contributed by atoms with E-state index in [9.17, 15) is 13.2 Å². The van der Waals surface area contributed by atoms with Gasteiger partial charge in [0.15, 0.2) is 0 Å². The summed E-state index contributed by atoms with van der Waals surface area (Å²) in [7, 11) is -3.87. The molecule has 32 heavy (non-hydrogen) atoms. The van der Waals surface area contributed by atoms with Crippen molar-refractivity contribution in [3.63, 3.8) is 0 Å². The summed E-state index contributed by atoms with van der Waals surface area (Å²) in [5, 5.41) is 6.13. The molecule has 1 aromatic heterocycles. The van der Waals surface area contributed by atoms with E-state index >= 15 is 0 Å². The maximum atomic E-state index is 12.8. The molecular weight excluding hydrogens is 466 g/mol. The predicted molar refractivity (Wildman–Crippen MR) is 130 cm³/mol. The van der Waals surface area contributed by atoms with Crippen molar-refractivity contribution in [1.29, 1.82) is 0 Å². The molecule has 0 fully saturated rings. The lowest BCUT2D eigenvalue weighted by Crippen LogP contribution is -2.25. The highest BCUT2D eigenvalue weighted by Crippen LogP contribution is 2.23. The van der Waals surface area contributed by atoms with Gasteiger partial charge in [0.05, 0.1) is 20.5 Å². The number of sulfonamides is 1. The minimum Gasteiger partial charge on any atom is -0.352 e. The normalized spacial score (nSPS) is 11.4. The van der Waals surface area contributed by atoms with E-state index in [1.165, 1.54) is 18.2 Å². The molecule has 0 aliphatic heterocycles. The van der Waals surface area contributed by atoms with E-state index in [1.54, 1.807) is 23.5 Å². The van der Waals surface area contributed by atoms with E-state index in [0.717, 1.165) is 41.1 Å². The van der Waals surface area contributed by atoms with Gasteiger partial charge in [0, 0.05) is 23.3 Å². The average molecular weight is 492 g/mol. The van der Waals surface area contributed by atoms with Gasteiger partial charge < -0.3 is 5.32 Å². The van der Waals surface area contributed by atoms with E-state index in [2.05, 4.69) is 15.0 Å². The summed E-state index contributed by atoms with van der Waals surface area (Å²) in [6.45, 7) is 6.31. The summed E-state index contributed by atoms with van der Waals surface area (Å²) >= 11 is 7.82. The van der Waals surface area contributed by atoms with E-state index < -0.39 is 15.9 Å². The Morgan fingerprint density at radius 3 is 2.53 bits per heavy atom. The lowest BCUT2D eigenvalue weighted by atomic mass is 10.1. The molecule has 2 aromatic carbocycles.